The molecule has 7 nitrogen and oxygen atoms in total. The van der Waals surface area contributed by atoms with Gasteiger partial charge in [-0.15, -0.1) is 0 Å². The summed E-state index contributed by atoms with van der Waals surface area (Å²) >= 11 is 0. The monoisotopic (exact) mass is 381 g/mol. The van der Waals surface area contributed by atoms with E-state index in [1.807, 2.05) is 0 Å². The van der Waals surface area contributed by atoms with Crippen molar-refractivity contribution in [2.24, 2.45) is 10.7 Å². The maximum Gasteiger partial charge on any atom is 0.387 e. The average Bonchev–Trinajstić information content (AvgIpc) is 2.66. The molecule has 0 bridgehead atoms. The number of aliphatic imine (C=N–C) groups is 1. The van der Waals surface area contributed by atoms with Gasteiger partial charge >= 0.3 is 6.61 Å². The molecule has 0 saturated heterocycles. The fraction of sp³-hybridized carbons (Fsp3) is 0.278. The van der Waals surface area contributed by atoms with Crippen LogP contribution in [0.3, 0.4) is 0 Å². The molecule has 9 heteroatoms. The SMILES string of the molecule is COc1ccc(NC(N)=NCc2ccc(OC)c(OC(F)F)c2)cc1OC. The van der Waals surface area contributed by atoms with Gasteiger partial charge in [0.2, 0.25) is 0 Å². The maximum atomic E-state index is 12.5. The Kier molecular flexibility index (Phi) is 7.04. The van der Waals surface area contributed by atoms with Crippen molar-refractivity contribution >= 4 is 11.6 Å². The Bertz CT molecular complexity index is 800. The summed E-state index contributed by atoms with van der Waals surface area (Å²) in [5.41, 5.74) is 7.17. The molecule has 0 aliphatic heterocycles. The summed E-state index contributed by atoms with van der Waals surface area (Å²) in [4.78, 5) is 4.19. The van der Waals surface area contributed by atoms with Gasteiger partial charge < -0.3 is 30.0 Å². The number of ether oxygens (including phenoxy) is 4. The fourth-order valence-corrected chi connectivity index (χ4v) is 2.29. The number of hydrogen-bond acceptors (Lipinski definition) is 5. The standard InChI is InChI=1S/C18H21F2N3O4/c1-24-13-7-5-12(9-15(13)26-3)23-18(21)22-10-11-4-6-14(25-2)16(8-11)27-17(19)20/h4-9,17H,10H2,1-3H3,(H3,21,22,23). The summed E-state index contributed by atoms with van der Waals surface area (Å²) in [5.74, 6) is 1.42. The summed E-state index contributed by atoms with van der Waals surface area (Å²) < 4.78 is 44.8. The van der Waals surface area contributed by atoms with E-state index in [1.165, 1.54) is 26.4 Å². The van der Waals surface area contributed by atoms with Gasteiger partial charge in [-0.25, -0.2) is 4.99 Å². The van der Waals surface area contributed by atoms with E-state index in [-0.39, 0.29) is 24.0 Å². The first kappa shape index (κ1) is 20.1. The Hall–Kier alpha value is -3.23. The van der Waals surface area contributed by atoms with Crippen molar-refractivity contribution in [3.8, 4) is 23.0 Å². The molecule has 3 N–H and O–H groups in total. The molecule has 2 aromatic carbocycles. The van der Waals surface area contributed by atoms with Gasteiger partial charge in [-0.05, 0) is 29.8 Å². The molecule has 0 heterocycles. The second-order valence-corrected chi connectivity index (χ2v) is 5.26. The molecule has 0 fully saturated rings. The summed E-state index contributed by atoms with van der Waals surface area (Å²) in [6.07, 6.45) is 0. The smallest absolute Gasteiger partial charge is 0.387 e. The lowest BCUT2D eigenvalue weighted by Crippen LogP contribution is -2.22. The van der Waals surface area contributed by atoms with Gasteiger partial charge in [0.05, 0.1) is 27.9 Å². The summed E-state index contributed by atoms with van der Waals surface area (Å²) in [6.45, 7) is -2.79. The van der Waals surface area contributed by atoms with E-state index in [9.17, 15) is 8.78 Å². The highest BCUT2D eigenvalue weighted by Gasteiger charge is 2.11. The Morgan fingerprint density at radius 2 is 1.59 bits per heavy atom. The lowest BCUT2D eigenvalue weighted by Gasteiger charge is -2.12. The topological polar surface area (TPSA) is 87.3 Å². The molecule has 2 rings (SSSR count). The zero-order chi connectivity index (χ0) is 19.8. The minimum Gasteiger partial charge on any atom is -0.493 e. The van der Waals surface area contributed by atoms with Crippen molar-refractivity contribution < 1.29 is 27.7 Å². The molecular formula is C18H21F2N3O4. The predicted octanol–water partition coefficient (Wildman–Crippen LogP) is 3.24. The minimum atomic E-state index is -2.95. The number of hydrogen-bond donors (Lipinski definition) is 2. The van der Waals surface area contributed by atoms with Gasteiger partial charge in [0.1, 0.15) is 0 Å². The number of guanidine groups is 1. The molecule has 0 unspecified atom stereocenters. The van der Waals surface area contributed by atoms with E-state index in [4.69, 9.17) is 19.9 Å². The van der Waals surface area contributed by atoms with Gasteiger partial charge in [0, 0.05) is 11.8 Å². The van der Waals surface area contributed by atoms with E-state index in [0.29, 0.717) is 22.7 Å². The van der Waals surface area contributed by atoms with E-state index in [2.05, 4.69) is 15.0 Å². The first-order chi connectivity index (χ1) is 13.0. The van der Waals surface area contributed by atoms with Crippen LogP contribution in [0.5, 0.6) is 23.0 Å². The van der Waals surface area contributed by atoms with Crippen LogP contribution < -0.4 is 30.0 Å². The van der Waals surface area contributed by atoms with Gasteiger partial charge in [-0.1, -0.05) is 6.07 Å². The summed E-state index contributed by atoms with van der Waals surface area (Å²) in [5, 5.41) is 2.92. The van der Waals surface area contributed by atoms with Crippen LogP contribution in [0.25, 0.3) is 0 Å². The maximum absolute atomic E-state index is 12.5. The van der Waals surface area contributed by atoms with Crippen LogP contribution in [0, 0.1) is 0 Å². The Balaban J connectivity index is 2.09. The number of nitrogens with zero attached hydrogens (tertiary/aromatic N) is 1. The van der Waals surface area contributed by atoms with Gasteiger partial charge in [-0.2, -0.15) is 8.78 Å². The third-order valence-electron chi connectivity index (χ3n) is 3.53. The van der Waals surface area contributed by atoms with Crippen LogP contribution >= 0.6 is 0 Å². The number of alkyl halides is 2. The lowest BCUT2D eigenvalue weighted by atomic mass is 10.2. The molecule has 0 aliphatic rings. The van der Waals surface area contributed by atoms with Gasteiger partial charge in [0.25, 0.3) is 0 Å². The normalized spacial score (nSPS) is 11.3. The number of rotatable bonds is 8. The van der Waals surface area contributed by atoms with Crippen molar-refractivity contribution in [2.75, 3.05) is 26.6 Å². The largest absolute Gasteiger partial charge is 0.493 e. The van der Waals surface area contributed by atoms with Gasteiger partial charge in [0.15, 0.2) is 29.0 Å². The highest BCUT2D eigenvalue weighted by Crippen LogP contribution is 2.30. The lowest BCUT2D eigenvalue weighted by molar-refractivity contribution is -0.0512. The average molecular weight is 381 g/mol. The van der Waals surface area contributed by atoms with Crippen LogP contribution in [0.1, 0.15) is 5.56 Å². The third kappa shape index (κ3) is 5.63. The fourth-order valence-electron chi connectivity index (χ4n) is 2.29. The number of halogens is 2. The quantitative estimate of drug-likeness (QED) is 0.539. The highest BCUT2D eigenvalue weighted by molar-refractivity contribution is 5.92. The number of nitrogens with two attached hydrogens (primary N) is 1. The second-order valence-electron chi connectivity index (χ2n) is 5.26. The van der Waals surface area contributed by atoms with Crippen LogP contribution in [0.2, 0.25) is 0 Å². The Morgan fingerprint density at radius 1 is 0.963 bits per heavy atom. The van der Waals surface area contributed by atoms with Crippen LogP contribution in [0.15, 0.2) is 41.4 Å². The summed E-state index contributed by atoms with van der Waals surface area (Å²) in [6, 6.07) is 9.84. The van der Waals surface area contributed by atoms with Crippen LogP contribution in [0.4, 0.5) is 14.5 Å². The van der Waals surface area contributed by atoms with E-state index in [0.717, 1.165) is 0 Å². The van der Waals surface area contributed by atoms with Crippen molar-refractivity contribution in [3.05, 3.63) is 42.0 Å². The van der Waals surface area contributed by atoms with E-state index in [1.54, 1.807) is 31.4 Å². The highest BCUT2D eigenvalue weighted by atomic mass is 19.3. The minimum absolute atomic E-state index is 0.0633. The second kappa shape index (κ2) is 9.46. The molecule has 0 amide bonds. The molecule has 27 heavy (non-hydrogen) atoms. The predicted molar refractivity (Wildman–Crippen MR) is 98.1 cm³/mol. The number of nitrogens with one attached hydrogen (secondary N) is 1. The van der Waals surface area contributed by atoms with Crippen LogP contribution in [-0.4, -0.2) is 33.9 Å². The number of methoxy groups -OCH3 is 3. The van der Waals surface area contributed by atoms with Crippen molar-refractivity contribution in [1.82, 2.24) is 0 Å². The summed E-state index contributed by atoms with van der Waals surface area (Å²) in [7, 11) is 4.44. The van der Waals surface area contributed by atoms with Crippen LogP contribution in [-0.2, 0) is 6.54 Å². The first-order valence-corrected chi connectivity index (χ1v) is 7.87. The van der Waals surface area contributed by atoms with E-state index < -0.39 is 6.61 Å². The molecule has 2 aromatic rings. The zero-order valence-electron chi connectivity index (χ0n) is 15.2. The first-order valence-electron chi connectivity index (χ1n) is 7.87. The molecule has 0 saturated carbocycles. The molecule has 146 valence electrons. The molecular weight excluding hydrogens is 360 g/mol. The van der Waals surface area contributed by atoms with Gasteiger partial charge in [-0.3, -0.25) is 0 Å². The zero-order valence-corrected chi connectivity index (χ0v) is 15.2. The number of anilines is 1. The van der Waals surface area contributed by atoms with Crippen molar-refractivity contribution in [1.29, 1.82) is 0 Å². The van der Waals surface area contributed by atoms with Crippen molar-refractivity contribution in [3.63, 3.8) is 0 Å². The molecule has 0 aliphatic carbocycles. The molecule has 0 atom stereocenters. The Morgan fingerprint density at radius 3 is 2.22 bits per heavy atom. The molecule has 0 radical (unpaired) electrons. The van der Waals surface area contributed by atoms with E-state index >= 15 is 0 Å². The number of benzene rings is 2. The third-order valence-corrected chi connectivity index (χ3v) is 3.53. The molecule has 0 spiro atoms. The van der Waals surface area contributed by atoms with Crippen molar-refractivity contribution in [2.45, 2.75) is 13.2 Å². The Labute approximate surface area is 155 Å². The molecule has 0 aromatic heterocycles.